The van der Waals surface area contributed by atoms with Gasteiger partial charge in [-0.15, -0.1) is 0 Å². The molecule has 0 saturated carbocycles. The van der Waals surface area contributed by atoms with E-state index in [0.29, 0.717) is 34.4 Å². The van der Waals surface area contributed by atoms with Gasteiger partial charge in [0.2, 0.25) is 0 Å². The van der Waals surface area contributed by atoms with E-state index in [4.69, 9.17) is 25.8 Å². The van der Waals surface area contributed by atoms with Crippen molar-refractivity contribution in [3.8, 4) is 17.2 Å². The molecule has 0 heterocycles. The molecule has 0 aliphatic heterocycles. The van der Waals surface area contributed by atoms with E-state index in [0.717, 1.165) is 11.1 Å². The molecule has 0 unspecified atom stereocenters. The van der Waals surface area contributed by atoms with Crippen molar-refractivity contribution in [3.05, 3.63) is 88.4 Å². The lowest BCUT2D eigenvalue weighted by atomic mass is 10.1. The summed E-state index contributed by atoms with van der Waals surface area (Å²) in [6.45, 7) is 4.23. The lowest BCUT2D eigenvalue weighted by Crippen LogP contribution is -2.48. The van der Waals surface area contributed by atoms with Crippen molar-refractivity contribution in [1.29, 1.82) is 0 Å². The van der Waals surface area contributed by atoms with Crippen LogP contribution in [-0.4, -0.2) is 37.2 Å². The molecular formula is C27H30ClN3O5. The summed E-state index contributed by atoms with van der Waals surface area (Å²) in [6, 6.07) is 19.3. The molecule has 0 aliphatic rings. The maximum absolute atomic E-state index is 13.3. The van der Waals surface area contributed by atoms with Gasteiger partial charge in [-0.25, -0.2) is 15.2 Å². The first-order valence-corrected chi connectivity index (χ1v) is 11.8. The number of benzene rings is 3. The van der Waals surface area contributed by atoms with Gasteiger partial charge in [0.25, 0.3) is 5.91 Å². The number of hydrogen-bond acceptors (Lipinski definition) is 5. The highest BCUT2D eigenvalue weighted by molar-refractivity contribution is 6.32. The molecule has 8 nitrogen and oxygen atoms in total. The van der Waals surface area contributed by atoms with Crippen LogP contribution < -0.4 is 25.0 Å². The zero-order chi connectivity index (χ0) is 26.1. The highest BCUT2D eigenvalue weighted by Gasteiger charge is 2.21. The number of methoxy groups -OCH3 is 1. The minimum absolute atomic E-state index is 0.0647. The van der Waals surface area contributed by atoms with E-state index < -0.39 is 11.9 Å². The number of carbonyl (C=O) groups is 2. The SMILES string of the molecule is CNC(=O)NN(Cc1ccc(OCc2ccccc2)c(OC)c1)C(=O)c1ccc(OC(C)C)c(Cl)c1. The zero-order valence-corrected chi connectivity index (χ0v) is 21.5. The van der Waals surface area contributed by atoms with Crippen LogP contribution in [0.4, 0.5) is 4.79 Å². The van der Waals surface area contributed by atoms with Gasteiger partial charge in [-0.1, -0.05) is 48.0 Å². The Morgan fingerprint density at radius 1 is 0.944 bits per heavy atom. The third kappa shape index (κ3) is 7.29. The second-order valence-electron chi connectivity index (χ2n) is 8.15. The van der Waals surface area contributed by atoms with Crippen molar-refractivity contribution in [2.45, 2.75) is 33.1 Å². The highest BCUT2D eigenvalue weighted by Crippen LogP contribution is 2.30. The zero-order valence-electron chi connectivity index (χ0n) is 20.7. The minimum atomic E-state index is -0.538. The van der Waals surface area contributed by atoms with Gasteiger partial charge < -0.3 is 19.5 Å². The molecule has 0 atom stereocenters. The Hall–Kier alpha value is -3.91. The largest absolute Gasteiger partial charge is 0.493 e. The van der Waals surface area contributed by atoms with E-state index in [1.807, 2.05) is 44.2 Å². The fraction of sp³-hybridized carbons (Fsp3) is 0.259. The van der Waals surface area contributed by atoms with Gasteiger partial charge >= 0.3 is 6.03 Å². The fourth-order valence-electron chi connectivity index (χ4n) is 3.33. The quantitative estimate of drug-likeness (QED) is 0.385. The first kappa shape index (κ1) is 26.7. The molecule has 0 saturated heterocycles. The summed E-state index contributed by atoms with van der Waals surface area (Å²) in [5, 5.41) is 3.96. The van der Waals surface area contributed by atoms with Crippen molar-refractivity contribution < 1.29 is 23.8 Å². The van der Waals surface area contributed by atoms with Gasteiger partial charge in [0.1, 0.15) is 12.4 Å². The molecule has 2 N–H and O–H groups in total. The Labute approximate surface area is 216 Å². The molecule has 3 amide bonds. The Bertz CT molecular complexity index is 1190. The van der Waals surface area contributed by atoms with Crippen LogP contribution >= 0.6 is 11.6 Å². The Morgan fingerprint density at radius 3 is 2.31 bits per heavy atom. The molecule has 0 aliphatic carbocycles. The smallest absolute Gasteiger partial charge is 0.333 e. The fourth-order valence-corrected chi connectivity index (χ4v) is 3.55. The molecule has 36 heavy (non-hydrogen) atoms. The summed E-state index contributed by atoms with van der Waals surface area (Å²) >= 11 is 6.32. The number of ether oxygens (including phenoxy) is 3. The second-order valence-corrected chi connectivity index (χ2v) is 8.56. The molecule has 0 spiro atoms. The van der Waals surface area contributed by atoms with E-state index in [9.17, 15) is 9.59 Å². The molecule has 0 fully saturated rings. The first-order valence-electron chi connectivity index (χ1n) is 11.4. The lowest BCUT2D eigenvalue weighted by molar-refractivity contribution is 0.0665. The van der Waals surface area contributed by atoms with Crippen molar-refractivity contribution in [1.82, 2.24) is 15.8 Å². The van der Waals surface area contributed by atoms with Gasteiger partial charge in [0.15, 0.2) is 11.5 Å². The maximum atomic E-state index is 13.3. The van der Waals surface area contributed by atoms with Crippen LogP contribution in [0, 0.1) is 0 Å². The van der Waals surface area contributed by atoms with Crippen LogP contribution in [0.5, 0.6) is 17.2 Å². The van der Waals surface area contributed by atoms with Gasteiger partial charge in [-0.3, -0.25) is 4.79 Å². The number of urea groups is 1. The molecule has 3 aromatic carbocycles. The van der Waals surface area contributed by atoms with E-state index >= 15 is 0 Å². The predicted molar refractivity (Wildman–Crippen MR) is 138 cm³/mol. The average Bonchev–Trinajstić information content (AvgIpc) is 2.88. The number of amides is 3. The second kappa shape index (κ2) is 12.7. The van der Waals surface area contributed by atoms with Gasteiger partial charge in [-0.2, -0.15) is 0 Å². The molecular weight excluding hydrogens is 482 g/mol. The van der Waals surface area contributed by atoms with Crippen molar-refractivity contribution in [3.63, 3.8) is 0 Å². The first-order chi connectivity index (χ1) is 17.3. The predicted octanol–water partition coefficient (Wildman–Crippen LogP) is 5.20. The van der Waals surface area contributed by atoms with E-state index in [1.54, 1.807) is 37.4 Å². The van der Waals surface area contributed by atoms with Gasteiger partial charge in [-0.05, 0) is 55.3 Å². The molecule has 3 rings (SSSR count). The minimum Gasteiger partial charge on any atom is -0.493 e. The summed E-state index contributed by atoms with van der Waals surface area (Å²) in [5.74, 6) is 1.11. The normalized spacial score (nSPS) is 10.5. The summed E-state index contributed by atoms with van der Waals surface area (Å²) in [5.41, 5.74) is 4.60. The number of nitrogens with one attached hydrogen (secondary N) is 2. The number of hydrazine groups is 1. The Kier molecular flexibility index (Phi) is 9.41. The number of rotatable bonds is 9. The molecule has 9 heteroatoms. The molecule has 0 radical (unpaired) electrons. The molecule has 0 aromatic heterocycles. The topological polar surface area (TPSA) is 89.1 Å². The van der Waals surface area contributed by atoms with E-state index in [1.165, 1.54) is 18.1 Å². The standard InChI is InChI=1S/C27H30ClN3O5/c1-18(2)36-23-13-11-21(15-22(23)28)26(32)31(30-27(33)29-3)16-20-10-12-24(25(14-20)34-4)35-17-19-8-6-5-7-9-19/h5-15,18H,16-17H2,1-4H3,(H2,29,30,33). The number of hydrogen-bond donors (Lipinski definition) is 2. The lowest BCUT2D eigenvalue weighted by Gasteiger charge is -2.24. The average molecular weight is 512 g/mol. The van der Waals surface area contributed by atoms with Gasteiger partial charge in [0.05, 0.1) is 24.8 Å². The third-order valence-corrected chi connectivity index (χ3v) is 5.35. The van der Waals surface area contributed by atoms with Crippen LogP contribution in [0.25, 0.3) is 0 Å². The monoisotopic (exact) mass is 511 g/mol. The van der Waals surface area contributed by atoms with Crippen LogP contribution in [0.2, 0.25) is 5.02 Å². The summed E-state index contributed by atoms with van der Waals surface area (Å²) in [4.78, 5) is 25.4. The van der Waals surface area contributed by atoms with Crippen molar-refractivity contribution >= 4 is 23.5 Å². The van der Waals surface area contributed by atoms with Crippen molar-refractivity contribution in [2.75, 3.05) is 14.2 Å². The van der Waals surface area contributed by atoms with Gasteiger partial charge in [0, 0.05) is 12.6 Å². The van der Waals surface area contributed by atoms with E-state index in [-0.39, 0.29) is 12.6 Å². The third-order valence-electron chi connectivity index (χ3n) is 5.06. The summed E-state index contributed by atoms with van der Waals surface area (Å²) in [7, 11) is 3.01. The maximum Gasteiger partial charge on any atom is 0.333 e. The van der Waals surface area contributed by atoms with E-state index in [2.05, 4.69) is 10.7 Å². The number of halogens is 1. The molecule has 190 valence electrons. The van der Waals surface area contributed by atoms with Crippen LogP contribution in [0.3, 0.4) is 0 Å². The Balaban J connectivity index is 1.80. The number of carbonyl (C=O) groups excluding carboxylic acids is 2. The summed E-state index contributed by atoms with van der Waals surface area (Å²) in [6.07, 6.45) is -0.0647. The number of nitrogens with zero attached hydrogens (tertiary/aromatic N) is 1. The molecule has 0 bridgehead atoms. The highest BCUT2D eigenvalue weighted by atomic mass is 35.5. The van der Waals surface area contributed by atoms with Crippen LogP contribution in [0.1, 0.15) is 35.3 Å². The molecule has 3 aromatic rings. The Morgan fingerprint density at radius 2 is 1.67 bits per heavy atom. The van der Waals surface area contributed by atoms with Crippen molar-refractivity contribution in [2.24, 2.45) is 0 Å². The summed E-state index contributed by atoms with van der Waals surface area (Å²) < 4.78 is 17.1. The van der Waals surface area contributed by atoms with Crippen LogP contribution in [-0.2, 0) is 13.2 Å². The van der Waals surface area contributed by atoms with Crippen LogP contribution in [0.15, 0.2) is 66.7 Å².